The van der Waals surface area contributed by atoms with Crippen molar-refractivity contribution in [3.05, 3.63) is 60.7 Å². The van der Waals surface area contributed by atoms with Crippen LogP contribution in [0, 0.1) is 0 Å². The molecule has 0 saturated carbocycles. The molecule has 2 aromatic rings. The molecule has 0 radical (unpaired) electrons. The highest BCUT2D eigenvalue weighted by molar-refractivity contribution is 5.95. The number of methoxy groups -OCH3 is 1. The molecule has 1 aromatic heterocycles. The van der Waals surface area contributed by atoms with Crippen molar-refractivity contribution in [3.8, 4) is 17.1 Å². The first-order chi connectivity index (χ1) is 13.0. The van der Waals surface area contributed by atoms with Crippen molar-refractivity contribution in [1.82, 2.24) is 14.8 Å². The van der Waals surface area contributed by atoms with Crippen molar-refractivity contribution >= 4 is 5.91 Å². The molecule has 1 aliphatic heterocycles. The van der Waals surface area contributed by atoms with E-state index in [2.05, 4.69) is 30.3 Å². The summed E-state index contributed by atoms with van der Waals surface area (Å²) in [6.45, 7) is 10.5. The minimum absolute atomic E-state index is 0.0813. The molecule has 2 heterocycles. The molecule has 1 amide bonds. The van der Waals surface area contributed by atoms with Crippen LogP contribution < -0.4 is 4.74 Å². The molecule has 0 aliphatic carbocycles. The van der Waals surface area contributed by atoms with Gasteiger partial charge in [0.2, 0.25) is 5.88 Å². The van der Waals surface area contributed by atoms with E-state index < -0.39 is 0 Å². The molecule has 1 aromatic carbocycles. The van der Waals surface area contributed by atoms with Gasteiger partial charge in [-0.1, -0.05) is 24.3 Å². The number of nitrogens with zero attached hydrogens (tertiary/aromatic N) is 3. The second kappa shape index (κ2) is 8.35. The third-order valence-electron chi connectivity index (χ3n) is 5.10. The van der Waals surface area contributed by atoms with Gasteiger partial charge in [0, 0.05) is 48.9 Å². The fraction of sp³-hybridized carbons (Fsp3) is 0.364. The number of ether oxygens (including phenoxy) is 1. The van der Waals surface area contributed by atoms with E-state index in [1.54, 1.807) is 7.11 Å². The van der Waals surface area contributed by atoms with Crippen LogP contribution in [-0.2, 0) is 0 Å². The van der Waals surface area contributed by atoms with Crippen molar-refractivity contribution < 1.29 is 9.53 Å². The Bertz CT molecular complexity index is 803. The summed E-state index contributed by atoms with van der Waals surface area (Å²) in [6.07, 6.45) is 1.92. The molecule has 0 N–H and O–H groups in total. The molecular weight excluding hydrogens is 338 g/mol. The van der Waals surface area contributed by atoms with E-state index in [0.717, 1.165) is 30.9 Å². The number of pyridine rings is 1. The third-order valence-corrected chi connectivity index (χ3v) is 5.10. The molecule has 0 unspecified atom stereocenters. The van der Waals surface area contributed by atoms with Crippen molar-refractivity contribution in [2.45, 2.75) is 25.9 Å². The Morgan fingerprint density at radius 1 is 1.19 bits per heavy atom. The first-order valence-corrected chi connectivity index (χ1v) is 9.31. The van der Waals surface area contributed by atoms with Crippen molar-refractivity contribution in [2.24, 2.45) is 0 Å². The molecule has 5 nitrogen and oxygen atoms in total. The number of benzene rings is 1. The quantitative estimate of drug-likeness (QED) is 0.761. The third kappa shape index (κ3) is 4.19. The number of aromatic nitrogens is 1. The van der Waals surface area contributed by atoms with E-state index >= 15 is 0 Å². The molecule has 142 valence electrons. The highest BCUT2D eigenvalue weighted by atomic mass is 16.5. The Morgan fingerprint density at radius 3 is 2.59 bits per heavy atom. The van der Waals surface area contributed by atoms with E-state index in [9.17, 15) is 4.79 Å². The van der Waals surface area contributed by atoms with Gasteiger partial charge in [0.1, 0.15) is 0 Å². The molecule has 27 heavy (non-hydrogen) atoms. The number of piperazine rings is 1. The zero-order valence-electron chi connectivity index (χ0n) is 16.3. The summed E-state index contributed by atoms with van der Waals surface area (Å²) in [4.78, 5) is 21.8. The van der Waals surface area contributed by atoms with Crippen LogP contribution in [0.5, 0.6) is 5.88 Å². The molecule has 1 aliphatic rings. The van der Waals surface area contributed by atoms with Gasteiger partial charge in [-0.05, 0) is 32.0 Å². The van der Waals surface area contributed by atoms with Crippen LogP contribution in [0.1, 0.15) is 24.2 Å². The molecule has 1 fully saturated rings. The fourth-order valence-corrected chi connectivity index (χ4v) is 3.54. The zero-order chi connectivity index (χ0) is 19.4. The maximum atomic E-state index is 13.0. The van der Waals surface area contributed by atoms with E-state index in [1.165, 1.54) is 0 Å². The van der Waals surface area contributed by atoms with Gasteiger partial charge in [0.05, 0.1) is 12.8 Å². The predicted octanol–water partition coefficient (Wildman–Crippen LogP) is 3.48. The Kier molecular flexibility index (Phi) is 5.91. The summed E-state index contributed by atoms with van der Waals surface area (Å²) in [5.74, 6) is 0.658. The minimum atomic E-state index is 0.0813. The van der Waals surface area contributed by atoms with Gasteiger partial charge in [-0.2, -0.15) is 0 Å². The van der Waals surface area contributed by atoms with Gasteiger partial charge >= 0.3 is 0 Å². The molecule has 5 heteroatoms. The summed E-state index contributed by atoms with van der Waals surface area (Å²) >= 11 is 0. The lowest BCUT2D eigenvalue weighted by Crippen LogP contribution is -2.57. The zero-order valence-corrected chi connectivity index (χ0v) is 16.3. The van der Waals surface area contributed by atoms with Crippen molar-refractivity contribution in [1.29, 1.82) is 0 Å². The van der Waals surface area contributed by atoms with E-state index in [4.69, 9.17) is 4.74 Å². The smallest absolute Gasteiger partial charge is 0.254 e. The van der Waals surface area contributed by atoms with E-state index in [0.29, 0.717) is 17.5 Å². The van der Waals surface area contributed by atoms with E-state index in [1.807, 2.05) is 53.4 Å². The summed E-state index contributed by atoms with van der Waals surface area (Å²) in [7, 11) is 1.60. The Morgan fingerprint density at radius 2 is 1.93 bits per heavy atom. The van der Waals surface area contributed by atoms with Crippen molar-refractivity contribution in [3.63, 3.8) is 0 Å². The number of carbonyl (C=O) groups is 1. The predicted molar refractivity (Wildman–Crippen MR) is 108 cm³/mol. The van der Waals surface area contributed by atoms with E-state index in [-0.39, 0.29) is 11.9 Å². The van der Waals surface area contributed by atoms with Gasteiger partial charge in [-0.15, -0.1) is 6.58 Å². The SMILES string of the molecule is C=CCN1C[C@@H](C)N(C(=O)c2ccc(-c3cccc(OC)n3)cc2)C[C@H]1C. The molecular formula is C22H27N3O2. The number of carbonyl (C=O) groups excluding carboxylic acids is 1. The van der Waals surface area contributed by atoms with Crippen LogP contribution in [0.3, 0.4) is 0 Å². The second-order valence-corrected chi connectivity index (χ2v) is 7.04. The summed E-state index contributed by atoms with van der Waals surface area (Å²) < 4.78 is 5.18. The molecule has 0 bridgehead atoms. The molecule has 3 rings (SSSR count). The maximum Gasteiger partial charge on any atom is 0.254 e. The van der Waals surface area contributed by atoms with Crippen LogP contribution in [-0.4, -0.2) is 59.5 Å². The maximum absolute atomic E-state index is 13.0. The first-order valence-electron chi connectivity index (χ1n) is 9.31. The summed E-state index contributed by atoms with van der Waals surface area (Å²) in [6, 6.07) is 13.8. The van der Waals surface area contributed by atoms with Gasteiger partial charge < -0.3 is 9.64 Å². The number of amides is 1. The van der Waals surface area contributed by atoms with Crippen LogP contribution in [0.15, 0.2) is 55.1 Å². The monoisotopic (exact) mass is 365 g/mol. The van der Waals surface area contributed by atoms with Gasteiger partial charge in [-0.3, -0.25) is 9.69 Å². The highest BCUT2D eigenvalue weighted by Gasteiger charge is 2.31. The normalized spacial score (nSPS) is 20.3. The number of hydrogen-bond acceptors (Lipinski definition) is 4. The highest BCUT2D eigenvalue weighted by Crippen LogP contribution is 2.22. The minimum Gasteiger partial charge on any atom is -0.481 e. The molecule has 0 spiro atoms. The van der Waals surface area contributed by atoms with Crippen LogP contribution in [0.25, 0.3) is 11.3 Å². The Labute approximate surface area is 161 Å². The number of hydrogen-bond donors (Lipinski definition) is 0. The Hall–Kier alpha value is -2.66. The van der Waals surface area contributed by atoms with Crippen LogP contribution >= 0.6 is 0 Å². The second-order valence-electron chi connectivity index (χ2n) is 7.04. The van der Waals surface area contributed by atoms with Crippen LogP contribution in [0.4, 0.5) is 0 Å². The lowest BCUT2D eigenvalue weighted by atomic mass is 10.0. The summed E-state index contributed by atoms with van der Waals surface area (Å²) in [5, 5.41) is 0. The lowest BCUT2D eigenvalue weighted by Gasteiger charge is -2.43. The average molecular weight is 365 g/mol. The van der Waals surface area contributed by atoms with Gasteiger partial charge in [0.25, 0.3) is 5.91 Å². The fourth-order valence-electron chi connectivity index (χ4n) is 3.54. The van der Waals surface area contributed by atoms with Gasteiger partial charge in [-0.25, -0.2) is 4.98 Å². The average Bonchev–Trinajstić information content (AvgIpc) is 2.70. The topological polar surface area (TPSA) is 45.7 Å². The lowest BCUT2D eigenvalue weighted by molar-refractivity contribution is 0.0355. The summed E-state index contributed by atoms with van der Waals surface area (Å²) in [5.41, 5.74) is 2.49. The Balaban J connectivity index is 1.75. The number of rotatable bonds is 5. The molecule has 1 saturated heterocycles. The van der Waals surface area contributed by atoms with Crippen molar-refractivity contribution in [2.75, 3.05) is 26.7 Å². The van der Waals surface area contributed by atoms with Gasteiger partial charge in [0.15, 0.2) is 0 Å². The van der Waals surface area contributed by atoms with Crippen LogP contribution in [0.2, 0.25) is 0 Å². The molecule has 2 atom stereocenters. The largest absolute Gasteiger partial charge is 0.481 e. The first kappa shape index (κ1) is 19.1. The standard InChI is InChI=1S/C22H27N3O2/c1-5-13-24-14-17(3)25(15-16(24)2)22(26)19-11-9-18(10-12-19)20-7-6-8-21(23-20)27-4/h5-12,16-17H,1,13-15H2,2-4H3/t16-,17-/m1/s1.